The summed E-state index contributed by atoms with van der Waals surface area (Å²) in [5, 5.41) is 3.50. The summed E-state index contributed by atoms with van der Waals surface area (Å²) in [4.78, 5) is 14.5. The van der Waals surface area contributed by atoms with Crippen molar-refractivity contribution in [3.63, 3.8) is 0 Å². The number of nitrogens with zero attached hydrogens (tertiary/aromatic N) is 1. The van der Waals surface area contributed by atoms with Gasteiger partial charge in [0.05, 0.1) is 6.04 Å². The second-order valence-corrected chi connectivity index (χ2v) is 5.36. The van der Waals surface area contributed by atoms with Gasteiger partial charge in [0.15, 0.2) is 0 Å². The second kappa shape index (κ2) is 4.39. The molecule has 18 heavy (non-hydrogen) atoms. The average Bonchev–Trinajstić information content (AvgIpc) is 3.14. The molecule has 1 saturated carbocycles. The molecule has 0 aromatic heterocycles. The number of carbonyl (C=O) groups excluding carboxylic acids is 1. The highest BCUT2D eigenvalue weighted by atomic mass is 16.2. The number of amides is 1. The Morgan fingerprint density at radius 2 is 2.06 bits per heavy atom. The average molecular weight is 244 g/mol. The van der Waals surface area contributed by atoms with Crippen LogP contribution in [0.3, 0.4) is 0 Å². The molecule has 96 valence electrons. The molecule has 1 heterocycles. The molecule has 2 unspecified atom stereocenters. The molecule has 1 N–H and O–H groups in total. The molecule has 1 amide bonds. The fraction of sp³-hybridized carbons (Fsp3) is 0.533. The summed E-state index contributed by atoms with van der Waals surface area (Å²) < 4.78 is 0. The summed E-state index contributed by atoms with van der Waals surface area (Å²) in [5.41, 5.74) is 2.50. The van der Waals surface area contributed by atoms with Crippen LogP contribution in [0, 0.1) is 6.92 Å². The Balaban J connectivity index is 1.95. The number of nitrogens with one attached hydrogen (secondary N) is 1. The highest BCUT2D eigenvalue weighted by Crippen LogP contribution is 2.38. The summed E-state index contributed by atoms with van der Waals surface area (Å²) in [6.07, 6.45) is 3.26. The minimum Gasteiger partial charge on any atom is -0.319 e. The Morgan fingerprint density at radius 3 is 2.67 bits per heavy atom. The second-order valence-electron chi connectivity index (χ2n) is 5.36. The maximum absolute atomic E-state index is 12.4. The highest BCUT2D eigenvalue weighted by Gasteiger charge is 2.46. The molecule has 1 aliphatic heterocycles. The topological polar surface area (TPSA) is 32.3 Å². The van der Waals surface area contributed by atoms with Gasteiger partial charge in [0, 0.05) is 6.04 Å². The van der Waals surface area contributed by atoms with Crippen LogP contribution in [0.1, 0.15) is 43.5 Å². The van der Waals surface area contributed by atoms with Gasteiger partial charge in [-0.1, -0.05) is 31.2 Å². The van der Waals surface area contributed by atoms with Crippen molar-refractivity contribution in [3.05, 3.63) is 35.4 Å². The normalized spacial score (nSPS) is 27.9. The minimum absolute atomic E-state index is 0.00444. The van der Waals surface area contributed by atoms with Gasteiger partial charge in [0.25, 0.3) is 0 Å². The van der Waals surface area contributed by atoms with E-state index in [9.17, 15) is 4.79 Å². The summed E-state index contributed by atoms with van der Waals surface area (Å²) in [6, 6.07) is 8.81. The van der Waals surface area contributed by atoms with Crippen molar-refractivity contribution in [1.82, 2.24) is 10.2 Å². The van der Waals surface area contributed by atoms with Crippen molar-refractivity contribution < 1.29 is 4.79 Å². The van der Waals surface area contributed by atoms with E-state index in [1.807, 2.05) is 6.07 Å². The smallest absolute Gasteiger partial charge is 0.241 e. The Morgan fingerprint density at radius 1 is 1.33 bits per heavy atom. The van der Waals surface area contributed by atoms with Gasteiger partial charge in [-0.05, 0) is 37.3 Å². The zero-order valence-corrected chi connectivity index (χ0v) is 11.0. The summed E-state index contributed by atoms with van der Waals surface area (Å²) >= 11 is 0. The summed E-state index contributed by atoms with van der Waals surface area (Å²) in [5.74, 6) is 0.285. The van der Waals surface area contributed by atoms with Gasteiger partial charge in [-0.15, -0.1) is 0 Å². The molecule has 3 rings (SSSR count). The van der Waals surface area contributed by atoms with Gasteiger partial charge in [-0.25, -0.2) is 0 Å². The Hall–Kier alpha value is -1.35. The van der Waals surface area contributed by atoms with Gasteiger partial charge < -0.3 is 4.90 Å². The van der Waals surface area contributed by atoms with Crippen molar-refractivity contribution in [2.75, 3.05) is 0 Å². The molecular weight excluding hydrogens is 224 g/mol. The van der Waals surface area contributed by atoms with E-state index < -0.39 is 0 Å². The molecule has 1 aromatic rings. The summed E-state index contributed by atoms with van der Waals surface area (Å²) in [6.45, 7) is 4.19. The van der Waals surface area contributed by atoms with Crippen LogP contribution in [0.15, 0.2) is 24.3 Å². The molecule has 2 fully saturated rings. The first kappa shape index (κ1) is 11.7. The zero-order chi connectivity index (χ0) is 12.7. The first-order chi connectivity index (χ1) is 8.72. The number of aryl methyl sites for hydroxylation is 1. The van der Waals surface area contributed by atoms with Crippen molar-refractivity contribution in [2.24, 2.45) is 0 Å². The lowest BCUT2D eigenvalue weighted by Crippen LogP contribution is -2.33. The lowest BCUT2D eigenvalue weighted by Gasteiger charge is -2.25. The Bertz CT molecular complexity index is 467. The molecule has 1 aliphatic carbocycles. The van der Waals surface area contributed by atoms with Crippen molar-refractivity contribution in [1.29, 1.82) is 0 Å². The number of benzene rings is 1. The highest BCUT2D eigenvalue weighted by molar-refractivity contribution is 5.85. The van der Waals surface area contributed by atoms with Crippen LogP contribution in [0.5, 0.6) is 0 Å². The monoisotopic (exact) mass is 244 g/mol. The van der Waals surface area contributed by atoms with Gasteiger partial charge in [0.2, 0.25) is 5.91 Å². The van der Waals surface area contributed by atoms with E-state index in [-0.39, 0.29) is 18.1 Å². The molecule has 3 nitrogen and oxygen atoms in total. The maximum atomic E-state index is 12.4. The van der Waals surface area contributed by atoms with Gasteiger partial charge in [-0.3, -0.25) is 10.1 Å². The van der Waals surface area contributed by atoms with Crippen molar-refractivity contribution in [3.8, 4) is 0 Å². The first-order valence-electron chi connectivity index (χ1n) is 6.86. The van der Waals surface area contributed by atoms with Crippen molar-refractivity contribution >= 4 is 5.91 Å². The number of hydrogen-bond acceptors (Lipinski definition) is 2. The fourth-order valence-electron chi connectivity index (χ4n) is 2.82. The van der Waals surface area contributed by atoms with Crippen LogP contribution < -0.4 is 5.32 Å². The van der Waals surface area contributed by atoms with Crippen LogP contribution in [0.2, 0.25) is 0 Å². The number of rotatable bonds is 3. The third-order valence-corrected chi connectivity index (χ3v) is 4.02. The third-order valence-electron chi connectivity index (χ3n) is 4.02. The first-order valence-corrected chi connectivity index (χ1v) is 6.86. The predicted octanol–water partition coefficient (Wildman–Crippen LogP) is 2.37. The Labute approximate surface area is 108 Å². The molecule has 3 heteroatoms. The maximum Gasteiger partial charge on any atom is 0.241 e. The zero-order valence-electron chi connectivity index (χ0n) is 11.0. The van der Waals surface area contributed by atoms with E-state index >= 15 is 0 Å². The van der Waals surface area contributed by atoms with Gasteiger partial charge >= 0.3 is 0 Å². The molecule has 0 spiro atoms. The minimum atomic E-state index is -0.00444. The molecule has 2 atom stereocenters. The lowest BCUT2D eigenvalue weighted by molar-refractivity contribution is -0.130. The SMILES string of the molecule is CCC1NC(c2ccccc2C)N(C2CC2)C1=O. The van der Waals surface area contributed by atoms with Crippen molar-refractivity contribution in [2.45, 2.75) is 51.4 Å². The molecule has 1 saturated heterocycles. The van der Waals surface area contributed by atoms with Crippen LogP contribution in [0.25, 0.3) is 0 Å². The quantitative estimate of drug-likeness (QED) is 0.885. The largest absolute Gasteiger partial charge is 0.319 e. The van der Waals surface area contributed by atoms with E-state index in [4.69, 9.17) is 0 Å². The third kappa shape index (κ3) is 1.83. The molecule has 0 radical (unpaired) electrons. The van der Waals surface area contributed by atoms with Crippen LogP contribution in [0.4, 0.5) is 0 Å². The van der Waals surface area contributed by atoms with E-state index in [0.29, 0.717) is 6.04 Å². The molecule has 0 bridgehead atoms. The number of carbonyl (C=O) groups is 1. The van der Waals surface area contributed by atoms with E-state index in [1.165, 1.54) is 11.1 Å². The van der Waals surface area contributed by atoms with Crippen LogP contribution in [-0.4, -0.2) is 22.9 Å². The molecule has 1 aromatic carbocycles. The fourth-order valence-corrected chi connectivity index (χ4v) is 2.82. The lowest BCUT2D eigenvalue weighted by atomic mass is 10.1. The van der Waals surface area contributed by atoms with E-state index in [0.717, 1.165) is 19.3 Å². The van der Waals surface area contributed by atoms with E-state index in [2.05, 4.69) is 42.3 Å². The van der Waals surface area contributed by atoms with Gasteiger partial charge in [-0.2, -0.15) is 0 Å². The standard InChI is InChI=1S/C15H20N2O/c1-3-13-15(18)17(11-8-9-11)14(16-13)12-7-5-4-6-10(12)2/h4-7,11,13-14,16H,3,8-9H2,1-2H3. The van der Waals surface area contributed by atoms with E-state index in [1.54, 1.807) is 0 Å². The predicted molar refractivity (Wildman–Crippen MR) is 71.0 cm³/mol. The van der Waals surface area contributed by atoms with Crippen LogP contribution in [-0.2, 0) is 4.79 Å². The summed E-state index contributed by atoms with van der Waals surface area (Å²) in [7, 11) is 0. The number of hydrogen-bond donors (Lipinski definition) is 1. The van der Waals surface area contributed by atoms with Gasteiger partial charge in [0.1, 0.15) is 6.17 Å². The molecular formula is C15H20N2O. The van der Waals surface area contributed by atoms with Crippen LogP contribution >= 0.6 is 0 Å². The molecule has 2 aliphatic rings. The Kier molecular flexibility index (Phi) is 2.86.